The Morgan fingerprint density at radius 2 is 2.28 bits per heavy atom. The smallest absolute Gasteiger partial charge is 0.242 e. The first-order valence-electron chi connectivity index (χ1n) is 6.00. The third-order valence-electron chi connectivity index (χ3n) is 2.45. The van der Waals surface area contributed by atoms with E-state index in [1.807, 2.05) is 13.8 Å². The number of hydrogen-bond donors (Lipinski definition) is 2. The van der Waals surface area contributed by atoms with Crippen molar-refractivity contribution in [2.75, 3.05) is 11.9 Å². The van der Waals surface area contributed by atoms with Gasteiger partial charge < -0.3 is 10.6 Å². The minimum Gasteiger partial charge on any atom is -0.358 e. The van der Waals surface area contributed by atoms with Crippen LogP contribution in [0.2, 0.25) is 0 Å². The molecule has 0 fully saturated rings. The summed E-state index contributed by atoms with van der Waals surface area (Å²) in [5, 5.41) is 14.7. The molecule has 5 nitrogen and oxygen atoms in total. The van der Waals surface area contributed by atoms with Crippen LogP contribution in [0, 0.1) is 18.3 Å². The van der Waals surface area contributed by atoms with Crippen molar-refractivity contribution in [2.45, 2.75) is 33.2 Å². The lowest BCUT2D eigenvalue weighted by atomic mass is 10.2. The summed E-state index contributed by atoms with van der Waals surface area (Å²) in [6.45, 7) is 6.23. The van der Waals surface area contributed by atoms with Gasteiger partial charge in [-0.1, -0.05) is 6.92 Å². The molecule has 1 rings (SSSR count). The number of nitrogens with zero attached hydrogens (tertiary/aromatic N) is 2. The molecule has 1 aromatic heterocycles. The summed E-state index contributed by atoms with van der Waals surface area (Å²) in [4.78, 5) is 15.9. The molecule has 0 saturated heterocycles. The summed E-state index contributed by atoms with van der Waals surface area (Å²) in [5.41, 5.74) is 1.24. The Hall–Kier alpha value is -2.09. The zero-order chi connectivity index (χ0) is 13.5. The molecule has 0 bridgehead atoms. The fourth-order valence-electron chi connectivity index (χ4n) is 1.43. The van der Waals surface area contributed by atoms with E-state index in [0.717, 1.165) is 12.1 Å². The topological polar surface area (TPSA) is 77.8 Å². The fraction of sp³-hybridized carbons (Fsp3) is 0.462. The number of carbonyl (C=O) groups excluding carboxylic acids is 1. The van der Waals surface area contributed by atoms with Gasteiger partial charge in [0.05, 0.1) is 5.56 Å². The van der Waals surface area contributed by atoms with Crippen LogP contribution >= 0.6 is 0 Å². The number of aromatic nitrogens is 1. The van der Waals surface area contributed by atoms with Crippen LogP contribution < -0.4 is 10.6 Å². The summed E-state index contributed by atoms with van der Waals surface area (Å²) in [6, 6.07) is 5.10. The first-order chi connectivity index (χ1) is 8.58. The number of amides is 1. The van der Waals surface area contributed by atoms with Crippen molar-refractivity contribution in [3.8, 4) is 6.07 Å². The predicted octanol–water partition coefficient (Wildman–Crippen LogP) is 1.59. The molecule has 96 valence electrons. The second-order valence-electron chi connectivity index (χ2n) is 4.12. The van der Waals surface area contributed by atoms with Crippen LogP contribution in [0.4, 0.5) is 5.82 Å². The minimum atomic E-state index is -0.419. The monoisotopic (exact) mass is 246 g/mol. The Morgan fingerprint density at radius 1 is 1.56 bits per heavy atom. The van der Waals surface area contributed by atoms with E-state index in [1.165, 1.54) is 0 Å². The van der Waals surface area contributed by atoms with Crippen molar-refractivity contribution < 1.29 is 4.79 Å². The Morgan fingerprint density at radius 3 is 2.89 bits per heavy atom. The van der Waals surface area contributed by atoms with Crippen LogP contribution in [0.1, 0.15) is 31.5 Å². The molecule has 0 aliphatic carbocycles. The maximum absolute atomic E-state index is 11.7. The Balaban J connectivity index is 2.75. The van der Waals surface area contributed by atoms with Gasteiger partial charge >= 0.3 is 0 Å². The quantitative estimate of drug-likeness (QED) is 0.827. The van der Waals surface area contributed by atoms with Crippen molar-refractivity contribution >= 4 is 11.7 Å². The van der Waals surface area contributed by atoms with E-state index in [1.54, 1.807) is 19.1 Å². The average Bonchev–Trinajstić information content (AvgIpc) is 2.36. The van der Waals surface area contributed by atoms with E-state index < -0.39 is 6.04 Å². The number of anilines is 1. The Bertz CT molecular complexity index is 465. The highest BCUT2D eigenvalue weighted by molar-refractivity contribution is 5.84. The predicted molar refractivity (Wildman–Crippen MR) is 70.1 cm³/mol. The highest BCUT2D eigenvalue weighted by Gasteiger charge is 2.14. The molecule has 1 atom stereocenters. The maximum Gasteiger partial charge on any atom is 0.242 e. The molecule has 2 N–H and O–H groups in total. The molecule has 1 heterocycles. The van der Waals surface area contributed by atoms with Crippen LogP contribution in [0.25, 0.3) is 0 Å². The minimum absolute atomic E-state index is 0.0935. The molecule has 5 heteroatoms. The van der Waals surface area contributed by atoms with Crippen LogP contribution in [-0.4, -0.2) is 23.5 Å². The van der Waals surface area contributed by atoms with E-state index >= 15 is 0 Å². The van der Waals surface area contributed by atoms with E-state index in [2.05, 4.69) is 21.7 Å². The normalized spacial score (nSPS) is 11.4. The standard InChI is InChI=1S/C13H18N4O/c1-4-7-15-13(18)10(3)17-12-11(8-14)6-5-9(2)16-12/h5-6,10H,4,7H2,1-3H3,(H,15,18)(H,16,17). The summed E-state index contributed by atoms with van der Waals surface area (Å²) >= 11 is 0. The number of rotatable bonds is 5. The van der Waals surface area contributed by atoms with E-state index in [-0.39, 0.29) is 5.91 Å². The number of nitriles is 1. The zero-order valence-corrected chi connectivity index (χ0v) is 10.9. The maximum atomic E-state index is 11.7. The fourth-order valence-corrected chi connectivity index (χ4v) is 1.43. The number of carbonyl (C=O) groups is 1. The van der Waals surface area contributed by atoms with Gasteiger partial charge in [-0.3, -0.25) is 4.79 Å². The third-order valence-corrected chi connectivity index (χ3v) is 2.45. The lowest BCUT2D eigenvalue weighted by molar-refractivity contribution is -0.121. The molecule has 18 heavy (non-hydrogen) atoms. The summed E-state index contributed by atoms with van der Waals surface area (Å²) in [5.74, 6) is 0.362. The molecular weight excluding hydrogens is 228 g/mol. The van der Waals surface area contributed by atoms with Crippen LogP contribution in [0.15, 0.2) is 12.1 Å². The molecule has 0 aliphatic rings. The van der Waals surface area contributed by atoms with Gasteiger partial charge in [0.1, 0.15) is 17.9 Å². The molecule has 0 aliphatic heterocycles. The average molecular weight is 246 g/mol. The van der Waals surface area contributed by atoms with Gasteiger partial charge in [0.25, 0.3) is 0 Å². The highest BCUT2D eigenvalue weighted by Crippen LogP contribution is 2.13. The van der Waals surface area contributed by atoms with Crippen LogP contribution in [0.5, 0.6) is 0 Å². The third kappa shape index (κ3) is 3.74. The van der Waals surface area contributed by atoms with Crippen molar-refractivity contribution in [3.05, 3.63) is 23.4 Å². The van der Waals surface area contributed by atoms with Gasteiger partial charge in [-0.05, 0) is 32.4 Å². The number of hydrogen-bond acceptors (Lipinski definition) is 4. The Kier molecular flexibility index (Phi) is 5.12. The SMILES string of the molecule is CCCNC(=O)C(C)Nc1nc(C)ccc1C#N. The zero-order valence-electron chi connectivity index (χ0n) is 10.9. The van der Waals surface area contributed by atoms with Crippen molar-refractivity contribution in [1.29, 1.82) is 5.26 Å². The summed E-state index contributed by atoms with van der Waals surface area (Å²) < 4.78 is 0. The number of aryl methyl sites for hydroxylation is 1. The van der Waals surface area contributed by atoms with E-state index in [0.29, 0.717) is 17.9 Å². The first-order valence-corrected chi connectivity index (χ1v) is 6.00. The van der Waals surface area contributed by atoms with Gasteiger partial charge in [-0.15, -0.1) is 0 Å². The second kappa shape index (κ2) is 6.60. The molecule has 0 spiro atoms. The molecule has 1 amide bonds. The molecule has 0 saturated carbocycles. The van der Waals surface area contributed by atoms with E-state index in [9.17, 15) is 4.79 Å². The summed E-state index contributed by atoms with van der Waals surface area (Å²) in [6.07, 6.45) is 0.893. The van der Waals surface area contributed by atoms with Crippen molar-refractivity contribution in [3.63, 3.8) is 0 Å². The molecule has 0 aromatic carbocycles. The molecule has 0 radical (unpaired) electrons. The molecular formula is C13H18N4O. The lowest BCUT2D eigenvalue weighted by Gasteiger charge is -2.15. The number of nitrogens with one attached hydrogen (secondary N) is 2. The first kappa shape index (κ1) is 14.0. The van der Waals surface area contributed by atoms with Gasteiger partial charge in [0.2, 0.25) is 5.91 Å². The molecule has 1 unspecified atom stereocenters. The lowest BCUT2D eigenvalue weighted by Crippen LogP contribution is -2.38. The van der Waals surface area contributed by atoms with Crippen LogP contribution in [0.3, 0.4) is 0 Å². The van der Waals surface area contributed by atoms with Gasteiger partial charge in [-0.2, -0.15) is 5.26 Å². The highest BCUT2D eigenvalue weighted by atomic mass is 16.2. The van der Waals surface area contributed by atoms with Gasteiger partial charge in [0, 0.05) is 12.2 Å². The van der Waals surface area contributed by atoms with Gasteiger partial charge in [-0.25, -0.2) is 4.98 Å². The second-order valence-corrected chi connectivity index (χ2v) is 4.12. The van der Waals surface area contributed by atoms with Gasteiger partial charge in [0.15, 0.2) is 0 Å². The van der Waals surface area contributed by atoms with Crippen molar-refractivity contribution in [2.24, 2.45) is 0 Å². The summed E-state index contributed by atoms with van der Waals surface area (Å²) in [7, 11) is 0. The van der Waals surface area contributed by atoms with E-state index in [4.69, 9.17) is 5.26 Å². The van der Waals surface area contributed by atoms with Crippen molar-refractivity contribution in [1.82, 2.24) is 10.3 Å². The Labute approximate surface area is 107 Å². The van der Waals surface area contributed by atoms with Crippen LogP contribution in [-0.2, 0) is 4.79 Å². The number of pyridine rings is 1. The molecule has 1 aromatic rings. The largest absolute Gasteiger partial charge is 0.358 e.